The minimum atomic E-state index is -0.554. The summed E-state index contributed by atoms with van der Waals surface area (Å²) in [6, 6.07) is 9.69. The number of benzene rings is 1. The van der Waals surface area contributed by atoms with E-state index < -0.39 is 11.9 Å². The number of nitrogens with two attached hydrogens (primary N) is 1. The summed E-state index contributed by atoms with van der Waals surface area (Å²) in [5.41, 5.74) is 6.96. The molecule has 0 aliphatic heterocycles. The predicted octanol–water partition coefficient (Wildman–Crippen LogP) is 1.99. The SMILES string of the molecule is NC(=O)c1cccc(-c2ccnc(F)c2)c1. The molecule has 0 spiro atoms. The maximum atomic E-state index is 12.9. The third-order valence-corrected chi connectivity index (χ3v) is 2.21. The van der Waals surface area contributed by atoms with E-state index in [4.69, 9.17) is 5.73 Å². The number of aromatic nitrogens is 1. The van der Waals surface area contributed by atoms with Gasteiger partial charge >= 0.3 is 0 Å². The lowest BCUT2D eigenvalue weighted by atomic mass is 10.0. The number of hydrogen-bond acceptors (Lipinski definition) is 2. The van der Waals surface area contributed by atoms with Crippen LogP contribution in [0.15, 0.2) is 42.6 Å². The van der Waals surface area contributed by atoms with Gasteiger partial charge in [-0.15, -0.1) is 0 Å². The third kappa shape index (κ3) is 2.06. The molecule has 4 heteroatoms. The van der Waals surface area contributed by atoms with E-state index in [1.165, 1.54) is 12.3 Å². The molecule has 2 aromatic rings. The number of amides is 1. The Labute approximate surface area is 91.7 Å². The summed E-state index contributed by atoms with van der Waals surface area (Å²) in [6.07, 6.45) is 1.38. The van der Waals surface area contributed by atoms with Crippen LogP contribution in [-0.2, 0) is 0 Å². The summed E-state index contributed by atoms with van der Waals surface area (Å²) >= 11 is 0. The highest BCUT2D eigenvalue weighted by molar-refractivity contribution is 5.94. The van der Waals surface area contributed by atoms with E-state index in [1.807, 2.05) is 0 Å². The molecule has 16 heavy (non-hydrogen) atoms. The maximum absolute atomic E-state index is 12.9. The van der Waals surface area contributed by atoms with Gasteiger partial charge < -0.3 is 5.73 Å². The van der Waals surface area contributed by atoms with E-state index in [2.05, 4.69) is 4.98 Å². The number of carbonyl (C=O) groups is 1. The molecule has 0 unspecified atom stereocenters. The second kappa shape index (κ2) is 4.10. The summed E-state index contributed by atoms with van der Waals surface area (Å²) in [5.74, 6) is -1.06. The first kappa shape index (κ1) is 10.3. The van der Waals surface area contributed by atoms with Crippen molar-refractivity contribution in [3.05, 3.63) is 54.1 Å². The summed E-state index contributed by atoms with van der Waals surface area (Å²) in [7, 11) is 0. The number of carbonyl (C=O) groups excluding carboxylic acids is 1. The van der Waals surface area contributed by atoms with Gasteiger partial charge in [0.25, 0.3) is 0 Å². The Kier molecular flexibility index (Phi) is 2.64. The molecule has 0 radical (unpaired) electrons. The van der Waals surface area contributed by atoms with Crippen molar-refractivity contribution in [1.29, 1.82) is 0 Å². The van der Waals surface area contributed by atoms with Crippen LogP contribution < -0.4 is 5.73 Å². The Morgan fingerprint density at radius 3 is 2.62 bits per heavy atom. The highest BCUT2D eigenvalue weighted by Crippen LogP contribution is 2.20. The van der Waals surface area contributed by atoms with Gasteiger partial charge in [0.15, 0.2) is 0 Å². The summed E-state index contributed by atoms with van der Waals surface area (Å²) < 4.78 is 12.9. The van der Waals surface area contributed by atoms with E-state index >= 15 is 0 Å². The highest BCUT2D eigenvalue weighted by Gasteiger charge is 2.04. The molecule has 0 saturated carbocycles. The van der Waals surface area contributed by atoms with E-state index in [9.17, 15) is 9.18 Å². The molecule has 3 nitrogen and oxygen atoms in total. The molecule has 0 bridgehead atoms. The average molecular weight is 216 g/mol. The van der Waals surface area contributed by atoms with Crippen LogP contribution >= 0.6 is 0 Å². The van der Waals surface area contributed by atoms with Crippen LogP contribution in [0, 0.1) is 5.95 Å². The van der Waals surface area contributed by atoms with Gasteiger partial charge in [0, 0.05) is 17.8 Å². The number of primary amides is 1. The van der Waals surface area contributed by atoms with Crippen molar-refractivity contribution in [1.82, 2.24) is 4.98 Å². The third-order valence-electron chi connectivity index (χ3n) is 2.21. The zero-order chi connectivity index (χ0) is 11.5. The fourth-order valence-corrected chi connectivity index (χ4v) is 1.43. The zero-order valence-electron chi connectivity index (χ0n) is 8.35. The fraction of sp³-hybridized carbons (Fsp3) is 0. The van der Waals surface area contributed by atoms with Crippen LogP contribution in [0.1, 0.15) is 10.4 Å². The second-order valence-electron chi connectivity index (χ2n) is 3.31. The number of halogens is 1. The molecule has 0 fully saturated rings. The van der Waals surface area contributed by atoms with Crippen LogP contribution in [0.3, 0.4) is 0 Å². The van der Waals surface area contributed by atoms with Crippen LogP contribution in [0.5, 0.6) is 0 Å². The van der Waals surface area contributed by atoms with Gasteiger partial charge in [0.2, 0.25) is 11.9 Å². The Hall–Kier alpha value is -2.23. The molecule has 0 atom stereocenters. The molecule has 1 amide bonds. The van der Waals surface area contributed by atoms with Crippen LogP contribution in [0.25, 0.3) is 11.1 Å². The van der Waals surface area contributed by atoms with Gasteiger partial charge in [-0.25, -0.2) is 4.98 Å². The first-order chi connectivity index (χ1) is 7.66. The van der Waals surface area contributed by atoms with Crippen molar-refractivity contribution < 1.29 is 9.18 Å². The van der Waals surface area contributed by atoms with Crippen molar-refractivity contribution in [2.24, 2.45) is 5.73 Å². The molecule has 2 rings (SSSR count). The van der Waals surface area contributed by atoms with Gasteiger partial charge in [0.1, 0.15) is 0 Å². The van der Waals surface area contributed by atoms with Crippen molar-refractivity contribution in [3.63, 3.8) is 0 Å². The molecular weight excluding hydrogens is 207 g/mol. The first-order valence-corrected chi connectivity index (χ1v) is 4.68. The molecular formula is C12H9FN2O. The monoisotopic (exact) mass is 216 g/mol. The van der Waals surface area contributed by atoms with Crippen molar-refractivity contribution in [2.45, 2.75) is 0 Å². The molecule has 0 aliphatic carbocycles. The Morgan fingerprint density at radius 2 is 1.94 bits per heavy atom. The summed E-state index contributed by atoms with van der Waals surface area (Å²) in [5, 5.41) is 0. The lowest BCUT2D eigenvalue weighted by molar-refractivity contribution is 0.100. The predicted molar refractivity (Wildman–Crippen MR) is 58.1 cm³/mol. The molecule has 80 valence electrons. The largest absolute Gasteiger partial charge is 0.366 e. The normalized spacial score (nSPS) is 10.1. The number of nitrogens with zero attached hydrogens (tertiary/aromatic N) is 1. The van der Waals surface area contributed by atoms with Gasteiger partial charge in [0.05, 0.1) is 0 Å². The minimum absolute atomic E-state index is 0.398. The van der Waals surface area contributed by atoms with Crippen molar-refractivity contribution >= 4 is 5.91 Å². The van der Waals surface area contributed by atoms with Gasteiger partial charge in [-0.3, -0.25) is 4.79 Å². The van der Waals surface area contributed by atoms with E-state index in [0.29, 0.717) is 11.1 Å². The lowest BCUT2D eigenvalue weighted by Crippen LogP contribution is -2.10. The molecule has 0 aliphatic rings. The topological polar surface area (TPSA) is 56.0 Å². The first-order valence-electron chi connectivity index (χ1n) is 4.68. The Balaban J connectivity index is 2.48. The van der Waals surface area contributed by atoms with E-state index in [0.717, 1.165) is 5.56 Å². The van der Waals surface area contributed by atoms with Crippen LogP contribution in [0.4, 0.5) is 4.39 Å². The quantitative estimate of drug-likeness (QED) is 0.780. The molecule has 1 aromatic carbocycles. The van der Waals surface area contributed by atoms with E-state index in [-0.39, 0.29) is 0 Å². The molecule has 0 saturated heterocycles. The van der Waals surface area contributed by atoms with Crippen LogP contribution in [0.2, 0.25) is 0 Å². The number of rotatable bonds is 2. The maximum Gasteiger partial charge on any atom is 0.248 e. The molecule has 1 heterocycles. The lowest BCUT2D eigenvalue weighted by Gasteiger charge is -2.02. The van der Waals surface area contributed by atoms with Gasteiger partial charge in [-0.05, 0) is 29.3 Å². The standard InChI is InChI=1S/C12H9FN2O/c13-11-7-9(4-5-15-11)8-2-1-3-10(6-8)12(14)16/h1-7H,(H2,14,16). The molecule has 1 aromatic heterocycles. The van der Waals surface area contributed by atoms with Gasteiger partial charge in [-0.1, -0.05) is 12.1 Å². The average Bonchev–Trinajstić information content (AvgIpc) is 2.29. The number of hydrogen-bond donors (Lipinski definition) is 1. The van der Waals surface area contributed by atoms with Crippen molar-refractivity contribution in [2.75, 3.05) is 0 Å². The highest BCUT2D eigenvalue weighted by atomic mass is 19.1. The molecule has 2 N–H and O–H groups in total. The number of pyridine rings is 1. The second-order valence-corrected chi connectivity index (χ2v) is 3.31. The van der Waals surface area contributed by atoms with Crippen molar-refractivity contribution in [3.8, 4) is 11.1 Å². The smallest absolute Gasteiger partial charge is 0.248 e. The summed E-state index contributed by atoms with van der Waals surface area (Å²) in [6.45, 7) is 0. The van der Waals surface area contributed by atoms with E-state index in [1.54, 1.807) is 30.3 Å². The fourth-order valence-electron chi connectivity index (χ4n) is 1.43. The Morgan fingerprint density at radius 1 is 1.19 bits per heavy atom. The summed E-state index contributed by atoms with van der Waals surface area (Å²) in [4.78, 5) is 14.5. The Bertz CT molecular complexity index is 540. The van der Waals surface area contributed by atoms with Crippen LogP contribution in [-0.4, -0.2) is 10.9 Å². The zero-order valence-corrected chi connectivity index (χ0v) is 8.35. The minimum Gasteiger partial charge on any atom is -0.366 e. The van der Waals surface area contributed by atoms with Gasteiger partial charge in [-0.2, -0.15) is 4.39 Å².